The lowest BCUT2D eigenvalue weighted by Crippen LogP contribution is -2.12. The summed E-state index contributed by atoms with van der Waals surface area (Å²) in [7, 11) is -3.29. The van der Waals surface area contributed by atoms with Gasteiger partial charge in [-0.25, -0.2) is 18.4 Å². The molecule has 25 heavy (non-hydrogen) atoms. The average Bonchev–Trinajstić information content (AvgIpc) is 2.62. The summed E-state index contributed by atoms with van der Waals surface area (Å²) in [5.74, 6) is 0.201. The van der Waals surface area contributed by atoms with Gasteiger partial charge >= 0.3 is 0 Å². The quantitative estimate of drug-likeness (QED) is 0.779. The molecule has 126 valence electrons. The molecule has 3 rings (SSSR count). The molecule has 0 saturated heterocycles. The number of hydrogen-bond acceptors (Lipinski definition) is 5. The molecule has 1 N–H and O–H groups in total. The van der Waals surface area contributed by atoms with E-state index in [-0.39, 0.29) is 10.8 Å². The largest absolute Gasteiger partial charge is 0.319 e. The van der Waals surface area contributed by atoms with Gasteiger partial charge in [0.25, 0.3) is 5.91 Å². The van der Waals surface area contributed by atoms with Crippen LogP contribution in [-0.2, 0) is 9.84 Å². The monoisotopic (exact) mass is 353 g/mol. The summed E-state index contributed by atoms with van der Waals surface area (Å²) in [5.41, 5.74) is 1.69. The highest BCUT2D eigenvalue weighted by Gasteiger charge is 2.10. The van der Waals surface area contributed by atoms with Gasteiger partial charge in [0.15, 0.2) is 15.7 Å². The number of aromatic nitrogens is 2. The lowest BCUT2D eigenvalue weighted by molar-refractivity contribution is 0.102. The fraction of sp³-hybridized carbons (Fsp3) is 0.0556. The Kier molecular flexibility index (Phi) is 4.58. The molecule has 0 saturated carbocycles. The molecule has 3 aromatic rings. The van der Waals surface area contributed by atoms with Crippen LogP contribution in [0, 0.1) is 0 Å². The highest BCUT2D eigenvalue weighted by atomic mass is 32.2. The summed E-state index contributed by atoms with van der Waals surface area (Å²) in [6.07, 6.45) is 4.17. The molecule has 7 heteroatoms. The van der Waals surface area contributed by atoms with Crippen LogP contribution in [0.25, 0.3) is 11.4 Å². The van der Waals surface area contributed by atoms with Crippen LogP contribution in [0.15, 0.2) is 71.9 Å². The van der Waals surface area contributed by atoms with E-state index in [4.69, 9.17) is 0 Å². The third-order valence-electron chi connectivity index (χ3n) is 3.49. The summed E-state index contributed by atoms with van der Waals surface area (Å²) in [5, 5.41) is 2.68. The number of amides is 1. The van der Waals surface area contributed by atoms with Gasteiger partial charge in [-0.05, 0) is 24.3 Å². The molecule has 0 atom stereocenters. The van der Waals surface area contributed by atoms with Crippen molar-refractivity contribution in [3.8, 4) is 11.4 Å². The molecule has 0 fully saturated rings. The van der Waals surface area contributed by atoms with Crippen molar-refractivity contribution in [2.75, 3.05) is 11.6 Å². The molecular formula is C18H15N3O3S. The van der Waals surface area contributed by atoms with Crippen LogP contribution in [0.3, 0.4) is 0 Å². The number of carbonyl (C=O) groups is 1. The molecule has 0 aliphatic heterocycles. The maximum absolute atomic E-state index is 12.2. The molecule has 0 radical (unpaired) electrons. The van der Waals surface area contributed by atoms with E-state index in [1.54, 1.807) is 0 Å². The fourth-order valence-corrected chi connectivity index (χ4v) is 2.82. The molecule has 0 spiro atoms. The Hall–Kier alpha value is -3.06. The average molecular weight is 353 g/mol. The Labute approximate surface area is 145 Å². The molecule has 0 unspecified atom stereocenters. The van der Waals surface area contributed by atoms with Crippen LogP contribution in [0.4, 0.5) is 5.69 Å². The maximum atomic E-state index is 12.2. The van der Waals surface area contributed by atoms with Gasteiger partial charge in [-0.15, -0.1) is 0 Å². The second-order valence-corrected chi connectivity index (χ2v) is 7.43. The van der Waals surface area contributed by atoms with Crippen molar-refractivity contribution in [2.24, 2.45) is 0 Å². The van der Waals surface area contributed by atoms with E-state index in [0.29, 0.717) is 17.1 Å². The zero-order valence-electron chi connectivity index (χ0n) is 13.4. The number of nitrogens with zero attached hydrogens (tertiary/aromatic N) is 2. The number of anilines is 1. The van der Waals surface area contributed by atoms with E-state index in [2.05, 4.69) is 15.3 Å². The molecule has 0 bridgehead atoms. The first-order chi connectivity index (χ1) is 11.9. The van der Waals surface area contributed by atoms with E-state index in [9.17, 15) is 13.2 Å². The van der Waals surface area contributed by atoms with Crippen molar-refractivity contribution in [1.82, 2.24) is 9.97 Å². The van der Waals surface area contributed by atoms with Crippen LogP contribution in [0.5, 0.6) is 0 Å². The summed E-state index contributed by atoms with van der Waals surface area (Å²) < 4.78 is 22.9. The summed E-state index contributed by atoms with van der Waals surface area (Å²) in [4.78, 5) is 20.9. The predicted octanol–water partition coefficient (Wildman–Crippen LogP) is 2.80. The van der Waals surface area contributed by atoms with Crippen LogP contribution in [-0.4, -0.2) is 30.5 Å². The van der Waals surface area contributed by atoms with Gasteiger partial charge in [0.1, 0.15) is 0 Å². The van der Waals surface area contributed by atoms with E-state index >= 15 is 0 Å². The Bertz CT molecular complexity index is 984. The first kappa shape index (κ1) is 16.8. The Morgan fingerprint density at radius 3 is 2.08 bits per heavy atom. The van der Waals surface area contributed by atoms with Gasteiger partial charge in [-0.3, -0.25) is 4.79 Å². The van der Waals surface area contributed by atoms with Gasteiger partial charge < -0.3 is 5.32 Å². The highest BCUT2D eigenvalue weighted by Crippen LogP contribution is 2.16. The molecule has 1 aromatic heterocycles. The molecule has 0 aliphatic rings. The lowest BCUT2D eigenvalue weighted by Gasteiger charge is -2.06. The van der Waals surface area contributed by atoms with Gasteiger partial charge in [0.05, 0.1) is 23.0 Å². The standard InChI is InChI=1S/C18H15N3O3S/c1-25(23,24)16-9-7-14(8-10-16)18(22)21-15-11-19-17(20-12-15)13-5-3-2-4-6-13/h2-12H,1H3,(H,21,22). The van der Waals surface area contributed by atoms with Crippen molar-refractivity contribution in [1.29, 1.82) is 0 Å². The second kappa shape index (κ2) is 6.82. The Balaban J connectivity index is 1.73. The van der Waals surface area contributed by atoms with Gasteiger partial charge in [0, 0.05) is 17.4 Å². The number of carbonyl (C=O) groups excluding carboxylic acids is 1. The van der Waals surface area contributed by atoms with E-state index < -0.39 is 9.84 Å². The normalized spacial score (nSPS) is 11.1. The minimum atomic E-state index is -3.29. The van der Waals surface area contributed by atoms with Crippen LogP contribution < -0.4 is 5.32 Å². The van der Waals surface area contributed by atoms with Crippen LogP contribution in [0.1, 0.15) is 10.4 Å². The molecule has 2 aromatic carbocycles. The number of hydrogen-bond donors (Lipinski definition) is 1. The zero-order chi connectivity index (χ0) is 17.9. The van der Waals surface area contributed by atoms with E-state index in [1.807, 2.05) is 30.3 Å². The second-order valence-electron chi connectivity index (χ2n) is 5.41. The Morgan fingerprint density at radius 2 is 1.52 bits per heavy atom. The summed E-state index contributed by atoms with van der Waals surface area (Å²) >= 11 is 0. The third-order valence-corrected chi connectivity index (χ3v) is 4.61. The number of nitrogens with one attached hydrogen (secondary N) is 1. The molecule has 6 nitrogen and oxygen atoms in total. The van der Waals surface area contributed by atoms with Crippen molar-refractivity contribution < 1.29 is 13.2 Å². The van der Waals surface area contributed by atoms with E-state index in [1.165, 1.54) is 36.7 Å². The number of rotatable bonds is 4. The third kappa shape index (κ3) is 4.07. The lowest BCUT2D eigenvalue weighted by atomic mass is 10.2. The van der Waals surface area contributed by atoms with Gasteiger partial charge in [-0.1, -0.05) is 30.3 Å². The first-order valence-electron chi connectivity index (χ1n) is 7.42. The zero-order valence-corrected chi connectivity index (χ0v) is 14.2. The predicted molar refractivity (Wildman–Crippen MR) is 95.0 cm³/mol. The van der Waals surface area contributed by atoms with Crippen LogP contribution >= 0.6 is 0 Å². The molecule has 0 aliphatic carbocycles. The Morgan fingerprint density at radius 1 is 0.920 bits per heavy atom. The van der Waals surface area contributed by atoms with Crippen molar-refractivity contribution >= 4 is 21.4 Å². The van der Waals surface area contributed by atoms with Gasteiger partial charge in [0.2, 0.25) is 0 Å². The topological polar surface area (TPSA) is 89.0 Å². The van der Waals surface area contributed by atoms with Crippen molar-refractivity contribution in [3.05, 3.63) is 72.6 Å². The van der Waals surface area contributed by atoms with Crippen molar-refractivity contribution in [2.45, 2.75) is 4.90 Å². The van der Waals surface area contributed by atoms with Crippen LogP contribution in [0.2, 0.25) is 0 Å². The summed E-state index contributed by atoms with van der Waals surface area (Å²) in [6, 6.07) is 15.2. The summed E-state index contributed by atoms with van der Waals surface area (Å²) in [6.45, 7) is 0. The van der Waals surface area contributed by atoms with Gasteiger partial charge in [-0.2, -0.15) is 0 Å². The minimum Gasteiger partial charge on any atom is -0.319 e. The van der Waals surface area contributed by atoms with Crippen molar-refractivity contribution in [3.63, 3.8) is 0 Å². The fourth-order valence-electron chi connectivity index (χ4n) is 2.19. The highest BCUT2D eigenvalue weighted by molar-refractivity contribution is 7.90. The SMILES string of the molecule is CS(=O)(=O)c1ccc(C(=O)Nc2cnc(-c3ccccc3)nc2)cc1. The molecule has 1 heterocycles. The smallest absolute Gasteiger partial charge is 0.255 e. The maximum Gasteiger partial charge on any atom is 0.255 e. The molecular weight excluding hydrogens is 338 g/mol. The molecule has 1 amide bonds. The number of sulfone groups is 1. The number of benzene rings is 2. The first-order valence-corrected chi connectivity index (χ1v) is 9.31. The van der Waals surface area contributed by atoms with E-state index in [0.717, 1.165) is 11.8 Å². The minimum absolute atomic E-state index is 0.166.